The molecule has 0 radical (unpaired) electrons. The molecule has 0 saturated carbocycles. The predicted molar refractivity (Wildman–Crippen MR) is 103 cm³/mol. The molecular weight excluding hydrogens is 355 g/mol. The van der Waals surface area contributed by atoms with E-state index >= 15 is 0 Å². The van der Waals surface area contributed by atoms with Gasteiger partial charge >= 0.3 is 0 Å². The highest BCUT2D eigenvalue weighted by Crippen LogP contribution is 2.26. The Labute approximate surface area is 154 Å². The monoisotopic (exact) mass is 372 g/mol. The molecule has 1 atom stereocenters. The lowest BCUT2D eigenvalue weighted by molar-refractivity contribution is -0.115. The van der Waals surface area contributed by atoms with Gasteiger partial charge in [-0.05, 0) is 36.8 Å². The van der Waals surface area contributed by atoms with Crippen molar-refractivity contribution in [2.24, 2.45) is 0 Å². The number of hydrogen-bond acceptors (Lipinski definition) is 4. The smallest absolute Gasteiger partial charge is 0.238 e. The Morgan fingerprint density at radius 3 is 2.64 bits per heavy atom. The van der Waals surface area contributed by atoms with Gasteiger partial charge in [-0.15, -0.1) is 23.1 Å². The van der Waals surface area contributed by atoms with Gasteiger partial charge in [0.15, 0.2) is 5.13 Å². The van der Waals surface area contributed by atoms with Crippen molar-refractivity contribution in [1.29, 1.82) is 0 Å². The van der Waals surface area contributed by atoms with Gasteiger partial charge in [0.05, 0.1) is 10.9 Å². The Morgan fingerprint density at radius 2 is 1.92 bits per heavy atom. The van der Waals surface area contributed by atoms with Gasteiger partial charge in [-0.25, -0.2) is 9.37 Å². The first-order valence-electron chi connectivity index (χ1n) is 7.79. The van der Waals surface area contributed by atoms with E-state index in [2.05, 4.69) is 10.3 Å². The second kappa shape index (κ2) is 8.27. The highest BCUT2D eigenvalue weighted by molar-refractivity contribution is 7.99. The van der Waals surface area contributed by atoms with Crippen molar-refractivity contribution >= 4 is 34.1 Å². The molecule has 0 fully saturated rings. The first kappa shape index (κ1) is 17.6. The molecule has 1 unspecified atom stereocenters. The lowest BCUT2D eigenvalue weighted by Crippen LogP contribution is -2.22. The number of carbonyl (C=O) groups is 1. The second-order valence-electron chi connectivity index (χ2n) is 5.47. The fourth-order valence-electron chi connectivity index (χ4n) is 2.16. The molecule has 1 amide bonds. The van der Waals surface area contributed by atoms with E-state index in [-0.39, 0.29) is 17.0 Å². The molecule has 128 valence electrons. The van der Waals surface area contributed by atoms with Gasteiger partial charge in [-0.1, -0.05) is 30.3 Å². The van der Waals surface area contributed by atoms with E-state index in [0.29, 0.717) is 5.13 Å². The number of nitrogens with zero attached hydrogens (tertiary/aromatic N) is 1. The molecule has 0 aliphatic rings. The second-order valence-corrected chi connectivity index (χ2v) is 7.66. The van der Waals surface area contributed by atoms with Crippen LogP contribution in [0.4, 0.5) is 9.52 Å². The molecule has 1 N–H and O–H groups in total. The van der Waals surface area contributed by atoms with Crippen molar-refractivity contribution in [1.82, 2.24) is 4.98 Å². The number of amides is 1. The normalized spacial score (nSPS) is 11.9. The summed E-state index contributed by atoms with van der Waals surface area (Å²) in [5.74, 6) is 0.436. The van der Waals surface area contributed by atoms with Crippen molar-refractivity contribution < 1.29 is 9.18 Å². The average Bonchev–Trinajstić information content (AvgIpc) is 3.09. The van der Waals surface area contributed by atoms with Crippen LogP contribution in [-0.2, 0) is 10.5 Å². The van der Waals surface area contributed by atoms with Crippen LogP contribution in [0.1, 0.15) is 12.5 Å². The Bertz CT molecular complexity index is 834. The van der Waals surface area contributed by atoms with E-state index in [1.807, 2.05) is 42.6 Å². The largest absolute Gasteiger partial charge is 0.301 e. The molecule has 3 rings (SSSR count). The molecule has 3 nitrogen and oxygen atoms in total. The minimum Gasteiger partial charge on any atom is -0.301 e. The topological polar surface area (TPSA) is 42.0 Å². The van der Waals surface area contributed by atoms with E-state index in [1.165, 1.54) is 29.0 Å². The third-order valence-electron chi connectivity index (χ3n) is 3.59. The molecule has 6 heteroatoms. The molecule has 0 bridgehead atoms. The molecule has 1 aromatic heterocycles. The molecule has 25 heavy (non-hydrogen) atoms. The number of nitrogens with one attached hydrogen (secondary N) is 1. The maximum atomic E-state index is 13.0. The standard InChI is InChI=1S/C19H17FN2OS2/c1-13(24-11-14-5-3-2-4-6-14)18(23)22-19-21-17(12-25-19)15-7-9-16(20)10-8-15/h2-10,12-13H,11H2,1H3,(H,21,22,23). The average molecular weight is 372 g/mol. The highest BCUT2D eigenvalue weighted by atomic mass is 32.2. The number of thioether (sulfide) groups is 1. The predicted octanol–water partition coefficient (Wildman–Crippen LogP) is 5.21. The zero-order valence-corrected chi connectivity index (χ0v) is 15.2. The Hall–Kier alpha value is -2.18. The molecule has 0 spiro atoms. The number of carbonyl (C=O) groups excluding carboxylic acids is 1. The van der Waals surface area contributed by atoms with Gasteiger partial charge in [0.25, 0.3) is 0 Å². The quantitative estimate of drug-likeness (QED) is 0.646. The lowest BCUT2D eigenvalue weighted by atomic mass is 10.2. The minimum atomic E-state index is -0.281. The summed E-state index contributed by atoms with van der Waals surface area (Å²) >= 11 is 2.95. The highest BCUT2D eigenvalue weighted by Gasteiger charge is 2.15. The fourth-order valence-corrected chi connectivity index (χ4v) is 3.73. The molecule has 0 aliphatic heterocycles. The van der Waals surface area contributed by atoms with Gasteiger partial charge in [0.2, 0.25) is 5.91 Å². The zero-order valence-electron chi connectivity index (χ0n) is 13.6. The van der Waals surface area contributed by atoms with Crippen LogP contribution in [-0.4, -0.2) is 16.1 Å². The van der Waals surface area contributed by atoms with Crippen molar-refractivity contribution in [3.8, 4) is 11.3 Å². The number of anilines is 1. The third kappa shape index (κ3) is 4.90. The summed E-state index contributed by atoms with van der Waals surface area (Å²) in [6.45, 7) is 1.89. The summed E-state index contributed by atoms with van der Waals surface area (Å²) in [5, 5.41) is 5.08. The number of thiazole rings is 1. The molecule has 0 saturated heterocycles. The molecule has 2 aromatic carbocycles. The Balaban J connectivity index is 1.56. The SMILES string of the molecule is CC(SCc1ccccc1)C(=O)Nc1nc(-c2ccc(F)cc2)cs1. The summed E-state index contributed by atoms with van der Waals surface area (Å²) in [6.07, 6.45) is 0. The van der Waals surface area contributed by atoms with Crippen molar-refractivity contribution in [2.75, 3.05) is 5.32 Å². The van der Waals surface area contributed by atoms with Gasteiger partial charge in [0, 0.05) is 16.7 Å². The van der Waals surface area contributed by atoms with Gasteiger partial charge in [-0.2, -0.15) is 0 Å². The number of aromatic nitrogens is 1. The number of rotatable bonds is 6. The van der Waals surface area contributed by atoms with Crippen molar-refractivity contribution in [2.45, 2.75) is 17.9 Å². The summed E-state index contributed by atoms with van der Waals surface area (Å²) < 4.78 is 13.0. The summed E-state index contributed by atoms with van der Waals surface area (Å²) in [6, 6.07) is 16.2. The van der Waals surface area contributed by atoms with Crippen LogP contribution in [0.3, 0.4) is 0 Å². The van der Waals surface area contributed by atoms with Crippen LogP contribution in [0.15, 0.2) is 60.0 Å². The fraction of sp³-hybridized carbons (Fsp3) is 0.158. The molecule has 1 heterocycles. The maximum Gasteiger partial charge on any atom is 0.238 e. The van der Waals surface area contributed by atoms with Gasteiger partial charge in [0.1, 0.15) is 5.82 Å². The van der Waals surface area contributed by atoms with Crippen LogP contribution in [0.25, 0.3) is 11.3 Å². The first-order chi connectivity index (χ1) is 12.1. The van der Waals surface area contributed by atoms with E-state index in [9.17, 15) is 9.18 Å². The minimum absolute atomic E-state index is 0.0686. The number of benzene rings is 2. The van der Waals surface area contributed by atoms with Crippen molar-refractivity contribution in [3.05, 3.63) is 71.4 Å². The lowest BCUT2D eigenvalue weighted by Gasteiger charge is -2.10. The Morgan fingerprint density at radius 1 is 1.20 bits per heavy atom. The van der Waals surface area contributed by atoms with Crippen LogP contribution in [0.2, 0.25) is 0 Å². The van der Waals surface area contributed by atoms with E-state index < -0.39 is 0 Å². The van der Waals surface area contributed by atoms with E-state index in [0.717, 1.165) is 17.0 Å². The van der Waals surface area contributed by atoms with Crippen LogP contribution in [0, 0.1) is 5.82 Å². The van der Waals surface area contributed by atoms with E-state index in [4.69, 9.17) is 0 Å². The maximum absolute atomic E-state index is 13.0. The van der Waals surface area contributed by atoms with Crippen molar-refractivity contribution in [3.63, 3.8) is 0 Å². The van der Waals surface area contributed by atoms with Crippen LogP contribution >= 0.6 is 23.1 Å². The van der Waals surface area contributed by atoms with Gasteiger partial charge in [-0.3, -0.25) is 4.79 Å². The molecular formula is C19H17FN2OS2. The molecule has 0 aliphatic carbocycles. The molecule has 3 aromatic rings. The first-order valence-corrected chi connectivity index (χ1v) is 9.72. The van der Waals surface area contributed by atoms with Crippen LogP contribution in [0.5, 0.6) is 0 Å². The third-order valence-corrected chi connectivity index (χ3v) is 5.56. The summed E-state index contributed by atoms with van der Waals surface area (Å²) in [5.41, 5.74) is 2.74. The number of hydrogen-bond donors (Lipinski definition) is 1. The van der Waals surface area contributed by atoms with E-state index in [1.54, 1.807) is 23.9 Å². The summed E-state index contributed by atoms with van der Waals surface area (Å²) in [4.78, 5) is 16.7. The summed E-state index contributed by atoms with van der Waals surface area (Å²) in [7, 11) is 0. The zero-order chi connectivity index (χ0) is 17.6. The van der Waals surface area contributed by atoms with Gasteiger partial charge < -0.3 is 5.32 Å². The van der Waals surface area contributed by atoms with Crippen LogP contribution < -0.4 is 5.32 Å². The Kier molecular flexibility index (Phi) is 5.83. The number of halogens is 1.